The molecule has 0 saturated heterocycles. The summed E-state index contributed by atoms with van der Waals surface area (Å²) < 4.78 is 4.22. The van der Waals surface area contributed by atoms with E-state index in [4.69, 9.17) is 0 Å². The molecule has 35 heavy (non-hydrogen) atoms. The van der Waals surface area contributed by atoms with Gasteiger partial charge in [-0.25, -0.2) is 9.13 Å². The number of nitrogens with zero attached hydrogens (tertiary/aromatic N) is 4. The molecule has 1 atom stereocenters. The first-order chi connectivity index (χ1) is 17.0. The van der Waals surface area contributed by atoms with Crippen molar-refractivity contribution >= 4 is 40.4 Å². The van der Waals surface area contributed by atoms with Crippen LogP contribution in [-0.4, -0.2) is 40.9 Å². The first kappa shape index (κ1) is 24.3. The van der Waals surface area contributed by atoms with Crippen molar-refractivity contribution in [1.82, 2.24) is 4.57 Å². The Labute approximate surface area is 205 Å². The number of carboxylic acid groups (broad SMARTS) is 2. The lowest BCUT2D eigenvalue weighted by Crippen LogP contribution is -2.44. The number of hydrogen-bond acceptors (Lipinski definition) is 5. The summed E-state index contributed by atoms with van der Waals surface area (Å²) in [5, 5.41) is 20.5. The van der Waals surface area contributed by atoms with E-state index in [0.717, 1.165) is 41.3 Å². The highest BCUT2D eigenvalue weighted by atomic mass is 16.4. The quantitative estimate of drug-likeness (QED) is 0.428. The molecule has 184 valence electrons. The summed E-state index contributed by atoms with van der Waals surface area (Å²) >= 11 is 0. The number of hydrogen-bond donors (Lipinski definition) is 1. The van der Waals surface area contributed by atoms with Gasteiger partial charge in [-0.3, -0.25) is 4.79 Å². The first-order valence-electron chi connectivity index (χ1n) is 12.2. The second-order valence-electron chi connectivity index (χ2n) is 8.60. The third-order valence-corrected chi connectivity index (χ3v) is 6.61. The third kappa shape index (κ3) is 4.87. The molecule has 1 aliphatic heterocycles. The molecular weight excluding hydrogens is 444 g/mol. The van der Waals surface area contributed by atoms with E-state index in [2.05, 4.69) is 46.4 Å². The number of benzene rings is 2. The Balaban J connectivity index is 1.67. The number of carboxylic acids is 2. The van der Waals surface area contributed by atoms with E-state index in [9.17, 15) is 19.8 Å². The van der Waals surface area contributed by atoms with Gasteiger partial charge in [0.25, 0.3) is 5.82 Å². The highest BCUT2D eigenvalue weighted by Gasteiger charge is 2.34. The number of imidazole rings is 1. The van der Waals surface area contributed by atoms with Gasteiger partial charge in [0.1, 0.15) is 6.17 Å². The third-order valence-electron chi connectivity index (χ3n) is 6.61. The zero-order chi connectivity index (χ0) is 24.9. The Morgan fingerprint density at radius 1 is 1.00 bits per heavy atom. The highest BCUT2D eigenvalue weighted by Crippen LogP contribution is 2.40. The second kappa shape index (κ2) is 10.6. The normalized spacial score (nSPS) is 15.3. The van der Waals surface area contributed by atoms with E-state index >= 15 is 0 Å². The maximum absolute atomic E-state index is 11.3. The molecule has 1 aromatic heterocycles. The number of rotatable bonds is 11. The Morgan fingerprint density at radius 2 is 1.69 bits per heavy atom. The van der Waals surface area contributed by atoms with E-state index in [0.29, 0.717) is 19.5 Å². The van der Waals surface area contributed by atoms with Crippen LogP contribution in [0.1, 0.15) is 38.9 Å². The number of anilines is 2. The molecule has 0 amide bonds. The summed E-state index contributed by atoms with van der Waals surface area (Å²) in [4.78, 5) is 27.0. The van der Waals surface area contributed by atoms with Crippen LogP contribution >= 0.6 is 0 Å². The zero-order valence-electron chi connectivity index (χ0n) is 20.3. The number of para-hydroxylation sites is 4. The van der Waals surface area contributed by atoms with Crippen LogP contribution in [0.4, 0.5) is 11.4 Å². The minimum atomic E-state index is -1.07. The summed E-state index contributed by atoms with van der Waals surface area (Å²) in [6.45, 7) is 6.50. The maximum atomic E-state index is 11.3. The summed E-state index contributed by atoms with van der Waals surface area (Å²) in [6, 6.07) is 16.1. The minimum absolute atomic E-state index is 0.00382. The van der Waals surface area contributed by atoms with Gasteiger partial charge in [-0.2, -0.15) is 0 Å². The molecule has 0 saturated carbocycles. The lowest BCUT2D eigenvalue weighted by atomic mass is 10.2. The van der Waals surface area contributed by atoms with Crippen LogP contribution in [0.5, 0.6) is 0 Å². The molecule has 1 N–H and O–H groups in total. The van der Waals surface area contributed by atoms with Gasteiger partial charge in [0, 0.05) is 38.0 Å². The van der Waals surface area contributed by atoms with Crippen molar-refractivity contribution < 1.29 is 24.4 Å². The lowest BCUT2D eigenvalue weighted by Gasteiger charge is -2.31. The summed E-state index contributed by atoms with van der Waals surface area (Å²) in [5.41, 5.74) is 4.22. The van der Waals surface area contributed by atoms with Crippen LogP contribution in [0.15, 0.2) is 54.6 Å². The Hall–Kier alpha value is -3.81. The van der Waals surface area contributed by atoms with Crippen LogP contribution in [0.2, 0.25) is 0 Å². The van der Waals surface area contributed by atoms with E-state index in [1.54, 1.807) is 0 Å². The highest BCUT2D eigenvalue weighted by molar-refractivity contribution is 5.79. The van der Waals surface area contributed by atoms with E-state index in [-0.39, 0.29) is 19.0 Å². The molecule has 1 aliphatic rings. The Bertz CT molecular complexity index is 1250. The van der Waals surface area contributed by atoms with Crippen molar-refractivity contribution in [2.24, 2.45) is 0 Å². The van der Waals surface area contributed by atoms with Crippen molar-refractivity contribution in [1.29, 1.82) is 0 Å². The van der Waals surface area contributed by atoms with Gasteiger partial charge >= 0.3 is 5.97 Å². The summed E-state index contributed by atoms with van der Waals surface area (Å²) in [6.07, 6.45) is 4.87. The van der Waals surface area contributed by atoms with Gasteiger partial charge in [0.2, 0.25) is 0 Å². The van der Waals surface area contributed by atoms with Crippen molar-refractivity contribution in [3.05, 3.63) is 60.4 Å². The molecule has 2 aromatic carbocycles. The van der Waals surface area contributed by atoms with E-state index in [1.807, 2.05) is 47.0 Å². The number of carbonyl (C=O) groups is 2. The fourth-order valence-corrected chi connectivity index (χ4v) is 5.12. The van der Waals surface area contributed by atoms with Crippen LogP contribution in [0, 0.1) is 0 Å². The fraction of sp³-hybridized carbons (Fsp3) is 0.370. The van der Waals surface area contributed by atoms with E-state index in [1.165, 1.54) is 0 Å². The molecule has 8 nitrogen and oxygen atoms in total. The predicted molar refractivity (Wildman–Crippen MR) is 134 cm³/mol. The lowest BCUT2D eigenvalue weighted by molar-refractivity contribution is -0.673. The van der Waals surface area contributed by atoms with Crippen molar-refractivity contribution in [3.8, 4) is 0 Å². The minimum Gasteiger partial charge on any atom is -0.550 e. The number of carbonyl (C=O) groups excluding carboxylic acids is 1. The van der Waals surface area contributed by atoms with E-state index < -0.39 is 11.9 Å². The zero-order valence-corrected chi connectivity index (χ0v) is 20.3. The summed E-state index contributed by atoms with van der Waals surface area (Å²) in [5.74, 6) is -0.948. The standard InChI is InChI=1S/C27H32N4O4/c1-3-28-20-10-5-7-12-22(20)30(18-16-26(32)33)24(28)14-9-15-25-29(4-2)21-11-6-8-13-23(21)31(25)19-17-27(34)35/h5-14,25H,3-4,15-19H2,1-2H3,(H-,32,33,34,35). The number of fused-ring (bicyclic) bond motifs is 2. The smallest absolute Gasteiger partial charge is 0.305 e. The molecule has 0 radical (unpaired) electrons. The topological polar surface area (TPSA) is 92.7 Å². The predicted octanol–water partition coefficient (Wildman–Crippen LogP) is 2.64. The largest absolute Gasteiger partial charge is 0.550 e. The molecule has 3 aromatic rings. The van der Waals surface area contributed by atoms with Crippen molar-refractivity contribution in [2.75, 3.05) is 22.9 Å². The SMILES string of the molecule is CCN1c2ccccc2N(CCC(=O)O)C1CC=Cc1n(CC)c2ccccc2[n+]1CCC(=O)[O-]. The number of aryl methyl sites for hydroxylation is 2. The second-order valence-corrected chi connectivity index (χ2v) is 8.60. The monoisotopic (exact) mass is 476 g/mol. The van der Waals surface area contributed by atoms with Crippen LogP contribution in [0.25, 0.3) is 17.1 Å². The molecule has 0 fully saturated rings. The van der Waals surface area contributed by atoms with Crippen LogP contribution < -0.4 is 19.5 Å². The van der Waals surface area contributed by atoms with Crippen LogP contribution in [0.3, 0.4) is 0 Å². The summed E-state index contributed by atoms with van der Waals surface area (Å²) in [7, 11) is 0. The van der Waals surface area contributed by atoms with Gasteiger partial charge in [0.15, 0.2) is 11.0 Å². The maximum Gasteiger partial charge on any atom is 0.305 e. The van der Waals surface area contributed by atoms with Crippen LogP contribution in [-0.2, 0) is 22.7 Å². The van der Waals surface area contributed by atoms with Gasteiger partial charge in [-0.15, -0.1) is 0 Å². The van der Waals surface area contributed by atoms with Crippen molar-refractivity contribution in [2.45, 2.75) is 52.4 Å². The molecule has 1 unspecified atom stereocenters. The van der Waals surface area contributed by atoms with Gasteiger partial charge in [-0.1, -0.05) is 30.3 Å². The molecule has 8 heteroatoms. The first-order valence-corrected chi connectivity index (χ1v) is 12.2. The number of aromatic nitrogens is 2. The Morgan fingerprint density at radius 3 is 2.34 bits per heavy atom. The van der Waals surface area contributed by atoms with Gasteiger partial charge in [-0.05, 0) is 38.1 Å². The average molecular weight is 477 g/mol. The molecule has 0 spiro atoms. The molecule has 0 aliphatic carbocycles. The molecule has 0 bridgehead atoms. The molecule has 2 heterocycles. The van der Waals surface area contributed by atoms with Gasteiger partial charge < -0.3 is 24.8 Å². The van der Waals surface area contributed by atoms with Gasteiger partial charge in [0.05, 0.1) is 30.9 Å². The number of aliphatic carboxylic acids is 2. The fourth-order valence-electron chi connectivity index (χ4n) is 5.12. The Kier molecular flexibility index (Phi) is 7.39. The molecular formula is C27H32N4O4. The molecule has 4 rings (SSSR count). The average Bonchev–Trinajstić information content (AvgIpc) is 3.32. The van der Waals surface area contributed by atoms with Crippen molar-refractivity contribution in [3.63, 3.8) is 0 Å².